The normalized spacial score (nSPS) is 12.2. The highest BCUT2D eigenvalue weighted by atomic mass is 32.1. The number of rotatable bonds is 7. The van der Waals surface area contributed by atoms with Gasteiger partial charge in [0, 0.05) is 17.8 Å². The zero-order chi connectivity index (χ0) is 17.4. The lowest BCUT2D eigenvalue weighted by Crippen LogP contribution is -2.35. The molecule has 0 atom stereocenters. The summed E-state index contributed by atoms with van der Waals surface area (Å²) in [6.45, 7) is 1.11. The van der Waals surface area contributed by atoms with Gasteiger partial charge in [-0.25, -0.2) is 0 Å². The van der Waals surface area contributed by atoms with E-state index in [0.29, 0.717) is 19.0 Å². The van der Waals surface area contributed by atoms with E-state index >= 15 is 0 Å². The second-order valence-electron chi connectivity index (χ2n) is 4.90. The van der Waals surface area contributed by atoms with Gasteiger partial charge in [-0.1, -0.05) is 12.1 Å². The van der Waals surface area contributed by atoms with Crippen LogP contribution in [0.5, 0.6) is 5.75 Å². The first-order valence-electron chi connectivity index (χ1n) is 7.31. The largest absolute Gasteiger partial charge is 0.492 e. The summed E-state index contributed by atoms with van der Waals surface area (Å²) in [6, 6.07) is 8.78. The summed E-state index contributed by atoms with van der Waals surface area (Å²) >= 11 is 1.67. The molecule has 0 spiro atoms. The number of alkyl halides is 3. The lowest BCUT2D eigenvalue weighted by Gasteiger charge is -2.11. The summed E-state index contributed by atoms with van der Waals surface area (Å²) in [7, 11) is 0. The van der Waals surface area contributed by atoms with Gasteiger partial charge in [0.25, 0.3) is 0 Å². The third kappa shape index (κ3) is 6.11. The zero-order valence-electron chi connectivity index (χ0n) is 12.8. The molecule has 0 bridgehead atoms. The van der Waals surface area contributed by atoms with Crippen molar-refractivity contribution < 1.29 is 17.9 Å². The summed E-state index contributed by atoms with van der Waals surface area (Å²) in [6.07, 6.45) is -3.56. The van der Waals surface area contributed by atoms with Crippen LogP contribution in [-0.2, 0) is 12.6 Å². The van der Waals surface area contributed by atoms with Crippen molar-refractivity contribution in [3.05, 3.63) is 52.2 Å². The monoisotopic (exact) mass is 357 g/mol. The third-order valence-corrected chi connectivity index (χ3v) is 3.99. The maximum absolute atomic E-state index is 12.6. The molecule has 1 heterocycles. The average molecular weight is 357 g/mol. The van der Waals surface area contributed by atoms with Crippen molar-refractivity contribution in [1.29, 1.82) is 0 Å². The van der Waals surface area contributed by atoms with Crippen LogP contribution < -0.4 is 15.8 Å². The molecule has 2 rings (SSSR count). The second-order valence-corrected chi connectivity index (χ2v) is 5.93. The summed E-state index contributed by atoms with van der Waals surface area (Å²) < 4.78 is 43.0. The molecule has 0 aliphatic heterocycles. The fraction of sp³-hybridized carbons (Fsp3) is 0.312. The molecule has 2 aromatic rings. The van der Waals surface area contributed by atoms with Crippen molar-refractivity contribution in [3.63, 3.8) is 0 Å². The van der Waals surface area contributed by atoms with Crippen LogP contribution in [0.25, 0.3) is 0 Å². The van der Waals surface area contributed by atoms with E-state index in [-0.39, 0.29) is 12.4 Å². The smallest absolute Gasteiger partial charge is 0.416 e. The van der Waals surface area contributed by atoms with E-state index in [1.165, 1.54) is 17.0 Å². The molecule has 0 fully saturated rings. The lowest BCUT2D eigenvalue weighted by atomic mass is 10.2. The van der Waals surface area contributed by atoms with Gasteiger partial charge in [-0.2, -0.15) is 13.2 Å². The first kappa shape index (κ1) is 18.1. The Morgan fingerprint density at radius 2 is 2.08 bits per heavy atom. The molecule has 130 valence electrons. The van der Waals surface area contributed by atoms with Crippen LogP contribution in [-0.4, -0.2) is 25.7 Å². The van der Waals surface area contributed by atoms with E-state index in [1.807, 2.05) is 17.5 Å². The number of nitrogens with two attached hydrogens (primary N) is 1. The van der Waals surface area contributed by atoms with Gasteiger partial charge in [-0.3, -0.25) is 4.99 Å². The highest BCUT2D eigenvalue weighted by Crippen LogP contribution is 2.31. The van der Waals surface area contributed by atoms with Gasteiger partial charge in [0.15, 0.2) is 5.96 Å². The molecular formula is C16H18F3N3OS. The Labute approximate surface area is 142 Å². The van der Waals surface area contributed by atoms with Gasteiger partial charge in [0.2, 0.25) is 0 Å². The van der Waals surface area contributed by atoms with Crippen molar-refractivity contribution >= 4 is 17.3 Å². The van der Waals surface area contributed by atoms with Gasteiger partial charge in [0.1, 0.15) is 12.4 Å². The molecule has 8 heteroatoms. The maximum Gasteiger partial charge on any atom is 0.416 e. The summed E-state index contributed by atoms with van der Waals surface area (Å²) in [5, 5.41) is 4.87. The number of halogens is 3. The fourth-order valence-corrected chi connectivity index (χ4v) is 2.61. The molecule has 3 N–H and O–H groups in total. The second kappa shape index (κ2) is 8.58. The van der Waals surface area contributed by atoms with Crippen molar-refractivity contribution in [3.8, 4) is 5.75 Å². The number of guanidine groups is 1. The first-order chi connectivity index (χ1) is 11.4. The first-order valence-corrected chi connectivity index (χ1v) is 8.19. The Balaban J connectivity index is 1.68. The highest BCUT2D eigenvalue weighted by Gasteiger charge is 2.30. The number of hydrogen-bond acceptors (Lipinski definition) is 3. The van der Waals surface area contributed by atoms with Gasteiger partial charge < -0.3 is 15.8 Å². The van der Waals surface area contributed by atoms with Crippen molar-refractivity contribution in [2.75, 3.05) is 19.7 Å². The number of thiophene rings is 1. The Morgan fingerprint density at radius 3 is 2.79 bits per heavy atom. The molecule has 1 aromatic heterocycles. The van der Waals surface area contributed by atoms with Crippen LogP contribution >= 0.6 is 11.3 Å². The van der Waals surface area contributed by atoms with Crippen LogP contribution in [0.2, 0.25) is 0 Å². The standard InChI is InChI=1S/C16H18F3N3OS/c17-16(18,19)12-3-1-4-13(11-12)23-9-8-22-15(20)21-7-6-14-5-2-10-24-14/h1-5,10-11H,6-9H2,(H3,20,21,22). The van der Waals surface area contributed by atoms with E-state index in [2.05, 4.69) is 10.3 Å². The number of benzene rings is 1. The SMILES string of the molecule is NC(=NCCc1cccs1)NCCOc1cccc(C(F)(F)F)c1. The van der Waals surface area contributed by atoms with E-state index < -0.39 is 11.7 Å². The molecule has 0 aliphatic carbocycles. The minimum Gasteiger partial charge on any atom is -0.492 e. The van der Waals surface area contributed by atoms with E-state index in [1.54, 1.807) is 11.3 Å². The Morgan fingerprint density at radius 1 is 1.25 bits per heavy atom. The van der Waals surface area contributed by atoms with Crippen LogP contribution in [0.3, 0.4) is 0 Å². The summed E-state index contributed by atoms with van der Waals surface area (Å²) in [5.41, 5.74) is 4.98. The fourth-order valence-electron chi connectivity index (χ4n) is 1.91. The molecule has 0 saturated heterocycles. The van der Waals surface area contributed by atoms with E-state index in [9.17, 15) is 13.2 Å². The van der Waals surface area contributed by atoms with Crippen LogP contribution in [0.1, 0.15) is 10.4 Å². The molecule has 0 aliphatic rings. The van der Waals surface area contributed by atoms with Gasteiger partial charge in [-0.15, -0.1) is 11.3 Å². The van der Waals surface area contributed by atoms with Crippen molar-refractivity contribution in [2.24, 2.45) is 10.7 Å². The molecule has 4 nitrogen and oxygen atoms in total. The van der Waals surface area contributed by atoms with Crippen LogP contribution in [0, 0.1) is 0 Å². The zero-order valence-corrected chi connectivity index (χ0v) is 13.7. The van der Waals surface area contributed by atoms with E-state index in [0.717, 1.165) is 18.6 Å². The van der Waals surface area contributed by atoms with Crippen LogP contribution in [0.15, 0.2) is 46.8 Å². The predicted molar refractivity (Wildman–Crippen MR) is 89.5 cm³/mol. The molecule has 0 saturated carbocycles. The maximum atomic E-state index is 12.6. The van der Waals surface area contributed by atoms with Gasteiger partial charge in [-0.05, 0) is 29.6 Å². The number of ether oxygens (including phenoxy) is 1. The van der Waals surface area contributed by atoms with Gasteiger partial charge >= 0.3 is 6.18 Å². The lowest BCUT2D eigenvalue weighted by molar-refractivity contribution is -0.137. The quantitative estimate of drug-likeness (QED) is 0.454. The Kier molecular flexibility index (Phi) is 6.48. The Bertz CT molecular complexity index is 657. The minimum atomic E-state index is -4.38. The summed E-state index contributed by atoms with van der Waals surface area (Å²) in [5.74, 6) is 0.457. The highest BCUT2D eigenvalue weighted by molar-refractivity contribution is 7.09. The number of hydrogen-bond donors (Lipinski definition) is 2. The van der Waals surface area contributed by atoms with Crippen molar-refractivity contribution in [2.45, 2.75) is 12.6 Å². The molecule has 0 amide bonds. The molecule has 1 aromatic carbocycles. The topological polar surface area (TPSA) is 59.6 Å². The molecule has 0 unspecified atom stereocenters. The minimum absolute atomic E-state index is 0.167. The molecular weight excluding hydrogens is 339 g/mol. The average Bonchev–Trinajstić information content (AvgIpc) is 3.04. The summed E-state index contributed by atoms with van der Waals surface area (Å²) in [4.78, 5) is 5.41. The molecule has 24 heavy (non-hydrogen) atoms. The number of nitrogens with one attached hydrogen (secondary N) is 1. The van der Waals surface area contributed by atoms with Crippen molar-refractivity contribution in [1.82, 2.24) is 5.32 Å². The van der Waals surface area contributed by atoms with Crippen LogP contribution in [0.4, 0.5) is 13.2 Å². The number of nitrogens with zero attached hydrogens (tertiary/aromatic N) is 1. The Hall–Kier alpha value is -2.22. The third-order valence-electron chi connectivity index (χ3n) is 3.06. The van der Waals surface area contributed by atoms with E-state index in [4.69, 9.17) is 10.5 Å². The number of aliphatic imine (C=N–C) groups is 1. The van der Waals surface area contributed by atoms with Gasteiger partial charge in [0.05, 0.1) is 12.1 Å². The predicted octanol–water partition coefficient (Wildman–Crippen LogP) is 3.29. The molecule has 0 radical (unpaired) electrons.